The first-order valence-corrected chi connectivity index (χ1v) is 10.1. The van der Waals surface area contributed by atoms with E-state index in [-0.39, 0.29) is 11.3 Å². The number of carbonyl (C=O) groups excluding carboxylic acids is 2. The van der Waals surface area contributed by atoms with Crippen LogP contribution in [0.5, 0.6) is 0 Å². The normalized spacial score (nSPS) is 13.9. The molecule has 4 rings (SSSR count). The molecule has 0 spiro atoms. The monoisotopic (exact) mass is 434 g/mol. The van der Waals surface area contributed by atoms with Gasteiger partial charge in [0.15, 0.2) is 0 Å². The van der Waals surface area contributed by atoms with Crippen LogP contribution in [0.3, 0.4) is 0 Å². The first-order chi connectivity index (χ1) is 14.8. The molecule has 1 aliphatic heterocycles. The van der Waals surface area contributed by atoms with Gasteiger partial charge in [-0.2, -0.15) is 0 Å². The predicted octanol–water partition coefficient (Wildman–Crippen LogP) is 5.80. The second-order valence-electron chi connectivity index (χ2n) is 7.58. The molecule has 3 aromatic carbocycles. The molecular weight excluding hydrogens is 415 g/mol. The SMILES string of the molecule is Cc1ccc(N2C(=O)C(Nc3cc(Cl)ccc3C)=C(c3ccc(F)cc3)C2=O)c(C)c1. The largest absolute Gasteiger partial charge is 0.350 e. The Bertz CT molecular complexity index is 1250. The van der Waals surface area contributed by atoms with E-state index in [1.54, 1.807) is 18.2 Å². The molecule has 0 saturated carbocycles. The maximum atomic E-state index is 13.5. The molecule has 156 valence electrons. The van der Waals surface area contributed by atoms with Crippen molar-refractivity contribution in [3.8, 4) is 0 Å². The van der Waals surface area contributed by atoms with Gasteiger partial charge in [-0.3, -0.25) is 9.59 Å². The van der Waals surface area contributed by atoms with Gasteiger partial charge in [-0.15, -0.1) is 0 Å². The number of hydrogen-bond acceptors (Lipinski definition) is 3. The van der Waals surface area contributed by atoms with Crippen LogP contribution in [0.4, 0.5) is 15.8 Å². The van der Waals surface area contributed by atoms with Crippen molar-refractivity contribution in [1.29, 1.82) is 0 Å². The Morgan fingerprint density at radius 3 is 2.23 bits per heavy atom. The van der Waals surface area contributed by atoms with E-state index in [1.807, 2.05) is 39.0 Å². The van der Waals surface area contributed by atoms with Gasteiger partial charge in [0.05, 0.1) is 11.3 Å². The molecular formula is C25H20ClFN2O2. The van der Waals surface area contributed by atoms with E-state index in [0.717, 1.165) is 21.6 Å². The second kappa shape index (κ2) is 8.00. The number of aryl methyl sites for hydroxylation is 3. The molecule has 0 fully saturated rings. The number of rotatable bonds is 4. The van der Waals surface area contributed by atoms with Crippen molar-refractivity contribution in [3.05, 3.63) is 99.5 Å². The summed E-state index contributed by atoms with van der Waals surface area (Å²) in [6.07, 6.45) is 0. The summed E-state index contributed by atoms with van der Waals surface area (Å²) in [7, 11) is 0. The van der Waals surface area contributed by atoms with Crippen LogP contribution in [0, 0.1) is 26.6 Å². The first-order valence-electron chi connectivity index (χ1n) is 9.75. The minimum atomic E-state index is -0.476. The van der Waals surface area contributed by atoms with Crippen molar-refractivity contribution in [2.75, 3.05) is 10.2 Å². The Kier molecular flexibility index (Phi) is 5.38. The molecule has 0 unspecified atom stereocenters. The third kappa shape index (κ3) is 3.84. The van der Waals surface area contributed by atoms with E-state index in [9.17, 15) is 14.0 Å². The number of halogens is 2. The highest BCUT2D eigenvalue weighted by Gasteiger charge is 2.41. The number of nitrogens with zero attached hydrogens (tertiary/aromatic N) is 1. The summed E-state index contributed by atoms with van der Waals surface area (Å²) in [5.74, 6) is -1.37. The average Bonchev–Trinajstić information content (AvgIpc) is 2.96. The van der Waals surface area contributed by atoms with Crippen molar-refractivity contribution in [2.45, 2.75) is 20.8 Å². The highest BCUT2D eigenvalue weighted by atomic mass is 35.5. The molecule has 1 N–H and O–H groups in total. The molecule has 0 saturated heterocycles. The van der Waals surface area contributed by atoms with Crippen LogP contribution in [0.1, 0.15) is 22.3 Å². The summed E-state index contributed by atoms with van der Waals surface area (Å²) >= 11 is 6.14. The minimum Gasteiger partial charge on any atom is -0.350 e. The van der Waals surface area contributed by atoms with Crippen LogP contribution in [0.25, 0.3) is 5.57 Å². The Labute approximate surface area is 185 Å². The predicted molar refractivity (Wildman–Crippen MR) is 122 cm³/mol. The first kappa shape index (κ1) is 20.8. The van der Waals surface area contributed by atoms with Crippen LogP contribution in [0.2, 0.25) is 5.02 Å². The maximum Gasteiger partial charge on any atom is 0.282 e. The minimum absolute atomic E-state index is 0.127. The standard InChI is InChI=1S/C25H20ClFN2O2/c1-14-4-11-21(16(3)12-14)29-24(30)22(17-6-9-19(27)10-7-17)23(25(29)31)28-20-13-18(26)8-5-15(20)2/h4-13,28H,1-3H3. The van der Waals surface area contributed by atoms with Crippen molar-refractivity contribution in [2.24, 2.45) is 0 Å². The number of nitrogens with one attached hydrogen (secondary N) is 1. The van der Waals surface area contributed by atoms with E-state index in [0.29, 0.717) is 22.0 Å². The van der Waals surface area contributed by atoms with Crippen molar-refractivity contribution >= 4 is 40.4 Å². The number of carbonyl (C=O) groups is 2. The van der Waals surface area contributed by atoms with E-state index < -0.39 is 17.6 Å². The third-order valence-corrected chi connectivity index (χ3v) is 5.50. The number of amides is 2. The molecule has 1 aliphatic rings. The lowest BCUT2D eigenvalue weighted by Gasteiger charge is -2.18. The van der Waals surface area contributed by atoms with E-state index >= 15 is 0 Å². The second-order valence-corrected chi connectivity index (χ2v) is 8.01. The van der Waals surface area contributed by atoms with Gasteiger partial charge in [0.2, 0.25) is 0 Å². The number of benzene rings is 3. The quantitative estimate of drug-likeness (QED) is 0.528. The topological polar surface area (TPSA) is 49.4 Å². The fourth-order valence-corrected chi connectivity index (χ4v) is 3.84. The molecule has 3 aromatic rings. The van der Waals surface area contributed by atoms with E-state index in [4.69, 9.17) is 11.6 Å². The van der Waals surface area contributed by atoms with Gasteiger partial charge in [-0.25, -0.2) is 9.29 Å². The van der Waals surface area contributed by atoms with Gasteiger partial charge < -0.3 is 5.32 Å². The molecule has 6 heteroatoms. The van der Waals surface area contributed by atoms with Crippen molar-refractivity contribution < 1.29 is 14.0 Å². The molecule has 2 amide bonds. The van der Waals surface area contributed by atoms with Gasteiger partial charge in [0, 0.05) is 10.7 Å². The summed E-state index contributed by atoms with van der Waals surface area (Å²) in [6.45, 7) is 5.68. The highest BCUT2D eigenvalue weighted by molar-refractivity contribution is 6.46. The van der Waals surface area contributed by atoms with Gasteiger partial charge in [-0.05, 0) is 67.8 Å². The number of anilines is 2. The summed E-state index contributed by atoms with van der Waals surface area (Å²) in [6, 6.07) is 16.3. The summed E-state index contributed by atoms with van der Waals surface area (Å²) < 4.78 is 13.5. The Balaban J connectivity index is 1.87. The molecule has 0 atom stereocenters. The fourth-order valence-electron chi connectivity index (χ4n) is 3.67. The fraction of sp³-hybridized carbons (Fsp3) is 0.120. The summed E-state index contributed by atoms with van der Waals surface area (Å²) in [5, 5.41) is 3.61. The Hall–Kier alpha value is -3.44. The van der Waals surface area contributed by atoms with Crippen LogP contribution >= 0.6 is 11.6 Å². The molecule has 0 radical (unpaired) electrons. The van der Waals surface area contributed by atoms with Crippen LogP contribution in [-0.4, -0.2) is 11.8 Å². The van der Waals surface area contributed by atoms with E-state index in [2.05, 4.69) is 5.32 Å². The third-order valence-electron chi connectivity index (χ3n) is 5.27. The van der Waals surface area contributed by atoms with Gasteiger partial charge in [0.25, 0.3) is 11.8 Å². The molecule has 4 nitrogen and oxygen atoms in total. The molecule has 0 aliphatic carbocycles. The zero-order valence-corrected chi connectivity index (χ0v) is 18.0. The molecule has 31 heavy (non-hydrogen) atoms. The Morgan fingerprint density at radius 2 is 1.55 bits per heavy atom. The van der Waals surface area contributed by atoms with Crippen molar-refractivity contribution in [1.82, 2.24) is 0 Å². The lowest BCUT2D eigenvalue weighted by Crippen LogP contribution is -2.33. The van der Waals surface area contributed by atoms with Crippen LogP contribution < -0.4 is 10.2 Å². The maximum absolute atomic E-state index is 13.5. The lowest BCUT2D eigenvalue weighted by atomic mass is 10.0. The summed E-state index contributed by atoms with van der Waals surface area (Å²) in [5.41, 5.74) is 4.59. The Morgan fingerprint density at radius 1 is 0.839 bits per heavy atom. The zero-order valence-electron chi connectivity index (χ0n) is 17.3. The van der Waals surface area contributed by atoms with Crippen LogP contribution in [0.15, 0.2) is 66.4 Å². The van der Waals surface area contributed by atoms with Gasteiger partial charge >= 0.3 is 0 Å². The van der Waals surface area contributed by atoms with Gasteiger partial charge in [0.1, 0.15) is 11.5 Å². The lowest BCUT2D eigenvalue weighted by molar-refractivity contribution is -0.120. The zero-order chi connectivity index (χ0) is 22.3. The summed E-state index contributed by atoms with van der Waals surface area (Å²) in [4.78, 5) is 28.1. The highest BCUT2D eigenvalue weighted by Crippen LogP contribution is 2.36. The smallest absolute Gasteiger partial charge is 0.282 e. The van der Waals surface area contributed by atoms with Gasteiger partial charge in [-0.1, -0.05) is 47.5 Å². The number of hydrogen-bond donors (Lipinski definition) is 1. The molecule has 0 aromatic heterocycles. The van der Waals surface area contributed by atoms with Crippen LogP contribution in [-0.2, 0) is 9.59 Å². The molecule has 1 heterocycles. The molecule has 0 bridgehead atoms. The number of imide groups is 1. The van der Waals surface area contributed by atoms with E-state index in [1.165, 1.54) is 24.3 Å². The van der Waals surface area contributed by atoms with Crippen molar-refractivity contribution in [3.63, 3.8) is 0 Å². The average molecular weight is 435 g/mol.